The predicted molar refractivity (Wildman–Crippen MR) is 68.5 cm³/mol. The van der Waals surface area contributed by atoms with Gasteiger partial charge in [0.1, 0.15) is 5.82 Å². The number of halogens is 4. The average Bonchev–Trinajstić information content (AvgIpc) is 2.35. The quantitative estimate of drug-likeness (QED) is 0.768. The Hall–Kier alpha value is -1.62. The highest BCUT2D eigenvalue weighted by atomic mass is 79.9. The van der Waals surface area contributed by atoms with E-state index >= 15 is 0 Å². The molecule has 0 aliphatic carbocycles. The van der Waals surface area contributed by atoms with E-state index in [9.17, 15) is 18.0 Å². The van der Waals surface area contributed by atoms with E-state index < -0.39 is 29.7 Å². The van der Waals surface area contributed by atoms with Crippen LogP contribution in [0.25, 0.3) is 0 Å². The summed E-state index contributed by atoms with van der Waals surface area (Å²) in [6.45, 7) is 0. The Morgan fingerprint density at radius 1 is 1.00 bits per heavy atom. The van der Waals surface area contributed by atoms with Crippen molar-refractivity contribution in [2.45, 2.75) is 6.42 Å². The van der Waals surface area contributed by atoms with Crippen molar-refractivity contribution in [2.24, 2.45) is 0 Å². The monoisotopic (exact) mass is 328 g/mol. The molecule has 0 saturated carbocycles. The smallest absolute Gasteiger partial charge is 0.171 e. The summed E-state index contributed by atoms with van der Waals surface area (Å²) in [6.07, 6.45) is -0.400. The van der Waals surface area contributed by atoms with Crippen molar-refractivity contribution in [2.75, 3.05) is 0 Å². The predicted octanol–water partition coefficient (Wildman–Crippen LogP) is 4.29. The topological polar surface area (TPSA) is 17.1 Å². The fourth-order valence-corrected chi connectivity index (χ4v) is 2.27. The highest BCUT2D eigenvalue weighted by molar-refractivity contribution is 9.10. The van der Waals surface area contributed by atoms with Crippen LogP contribution in [0.15, 0.2) is 40.9 Å². The third kappa shape index (κ3) is 2.87. The maximum absolute atomic E-state index is 13.6. The number of carbonyl (C=O) groups excluding carboxylic acids is 1. The molecule has 0 radical (unpaired) electrons. The van der Waals surface area contributed by atoms with Gasteiger partial charge in [0.2, 0.25) is 0 Å². The molecule has 0 aromatic heterocycles. The first-order chi connectivity index (χ1) is 9.00. The minimum Gasteiger partial charge on any atom is -0.294 e. The number of benzene rings is 2. The van der Waals surface area contributed by atoms with Gasteiger partial charge in [0.25, 0.3) is 0 Å². The zero-order valence-corrected chi connectivity index (χ0v) is 11.2. The Kier molecular flexibility index (Phi) is 4.04. The van der Waals surface area contributed by atoms with Crippen LogP contribution < -0.4 is 0 Å². The number of hydrogen-bond donors (Lipinski definition) is 0. The van der Waals surface area contributed by atoms with Crippen molar-refractivity contribution in [3.8, 4) is 0 Å². The maximum Gasteiger partial charge on any atom is 0.171 e. The van der Waals surface area contributed by atoms with Gasteiger partial charge in [0, 0.05) is 10.9 Å². The van der Waals surface area contributed by atoms with Gasteiger partial charge in [0.15, 0.2) is 17.4 Å². The van der Waals surface area contributed by atoms with Crippen LogP contribution in [-0.2, 0) is 6.42 Å². The molecular weight excluding hydrogens is 321 g/mol. The van der Waals surface area contributed by atoms with Gasteiger partial charge in [-0.2, -0.15) is 0 Å². The number of Topliss-reactive ketones (excluding diaryl/α,β-unsaturated/α-hetero) is 1. The van der Waals surface area contributed by atoms with Crippen LogP contribution in [0, 0.1) is 17.5 Å². The van der Waals surface area contributed by atoms with Gasteiger partial charge in [-0.25, -0.2) is 13.2 Å². The van der Waals surface area contributed by atoms with Crippen molar-refractivity contribution in [3.63, 3.8) is 0 Å². The van der Waals surface area contributed by atoms with E-state index in [0.717, 1.165) is 12.1 Å². The lowest BCUT2D eigenvalue weighted by molar-refractivity contribution is 0.0987. The summed E-state index contributed by atoms with van der Waals surface area (Å²) in [5, 5.41) is 0. The molecule has 0 N–H and O–H groups in total. The third-order valence-electron chi connectivity index (χ3n) is 2.62. The van der Waals surface area contributed by atoms with E-state index in [-0.39, 0.29) is 15.6 Å². The van der Waals surface area contributed by atoms with Crippen LogP contribution in [0.3, 0.4) is 0 Å². The van der Waals surface area contributed by atoms with E-state index in [0.29, 0.717) is 0 Å². The molecule has 0 fully saturated rings. The molecule has 0 saturated heterocycles. The summed E-state index contributed by atoms with van der Waals surface area (Å²) in [4.78, 5) is 12.0. The molecule has 2 aromatic carbocycles. The fourth-order valence-electron chi connectivity index (χ4n) is 1.71. The molecule has 0 spiro atoms. The standard InChI is InChI=1S/C14H8BrF3O/c15-9-4-2-5-10(16)13(9)12(19)7-8-3-1-6-11(17)14(8)18/h1-6H,7H2. The molecule has 19 heavy (non-hydrogen) atoms. The lowest BCUT2D eigenvalue weighted by Gasteiger charge is -2.06. The second-order valence-electron chi connectivity index (χ2n) is 3.91. The summed E-state index contributed by atoms with van der Waals surface area (Å²) < 4.78 is 40.3. The van der Waals surface area contributed by atoms with Crippen molar-refractivity contribution in [1.82, 2.24) is 0 Å². The SMILES string of the molecule is O=C(Cc1cccc(F)c1F)c1c(F)cccc1Br. The van der Waals surface area contributed by atoms with Gasteiger partial charge in [-0.1, -0.05) is 18.2 Å². The van der Waals surface area contributed by atoms with E-state index in [1.165, 1.54) is 24.3 Å². The van der Waals surface area contributed by atoms with Gasteiger partial charge < -0.3 is 0 Å². The molecule has 0 heterocycles. The Bertz CT molecular complexity index is 620. The number of ketones is 1. The molecule has 0 atom stereocenters. The van der Waals surface area contributed by atoms with Gasteiger partial charge in [-0.15, -0.1) is 0 Å². The lowest BCUT2D eigenvalue weighted by atomic mass is 10.0. The Balaban J connectivity index is 2.34. The highest BCUT2D eigenvalue weighted by Crippen LogP contribution is 2.22. The van der Waals surface area contributed by atoms with Crippen molar-refractivity contribution >= 4 is 21.7 Å². The van der Waals surface area contributed by atoms with Crippen LogP contribution in [0.5, 0.6) is 0 Å². The molecular formula is C14H8BrF3O. The summed E-state index contributed by atoms with van der Waals surface area (Å²) in [6, 6.07) is 7.65. The number of rotatable bonds is 3. The summed E-state index contributed by atoms with van der Waals surface area (Å²) in [5.41, 5.74) is -0.258. The van der Waals surface area contributed by atoms with Gasteiger partial charge in [0.05, 0.1) is 5.56 Å². The molecule has 0 unspecified atom stereocenters. The Morgan fingerprint density at radius 3 is 2.32 bits per heavy atom. The third-order valence-corrected chi connectivity index (χ3v) is 3.29. The van der Waals surface area contributed by atoms with Crippen molar-refractivity contribution in [3.05, 3.63) is 69.4 Å². The van der Waals surface area contributed by atoms with Gasteiger partial charge in [-0.3, -0.25) is 4.79 Å². The molecule has 2 rings (SSSR count). The molecule has 1 nitrogen and oxygen atoms in total. The zero-order chi connectivity index (χ0) is 14.0. The van der Waals surface area contributed by atoms with Crippen molar-refractivity contribution < 1.29 is 18.0 Å². The average molecular weight is 329 g/mol. The number of carbonyl (C=O) groups is 1. The fraction of sp³-hybridized carbons (Fsp3) is 0.0714. The first kappa shape index (κ1) is 13.8. The number of hydrogen-bond acceptors (Lipinski definition) is 1. The largest absolute Gasteiger partial charge is 0.294 e. The molecule has 2 aromatic rings. The van der Waals surface area contributed by atoms with Crippen LogP contribution >= 0.6 is 15.9 Å². The van der Waals surface area contributed by atoms with Crippen LogP contribution in [0.4, 0.5) is 13.2 Å². The molecule has 0 aliphatic rings. The maximum atomic E-state index is 13.6. The minimum atomic E-state index is -1.08. The summed E-state index contributed by atoms with van der Waals surface area (Å²) in [7, 11) is 0. The normalized spacial score (nSPS) is 10.5. The first-order valence-corrected chi connectivity index (χ1v) is 6.20. The van der Waals surface area contributed by atoms with E-state index in [2.05, 4.69) is 15.9 Å². The molecule has 0 amide bonds. The summed E-state index contributed by atoms with van der Waals surface area (Å²) >= 11 is 3.07. The minimum absolute atomic E-state index is 0.0971. The first-order valence-electron chi connectivity index (χ1n) is 5.41. The molecule has 0 aliphatic heterocycles. The molecule has 5 heteroatoms. The molecule has 98 valence electrons. The molecule has 0 bridgehead atoms. The zero-order valence-electron chi connectivity index (χ0n) is 9.59. The lowest BCUT2D eigenvalue weighted by Crippen LogP contribution is -2.09. The van der Waals surface area contributed by atoms with Crippen LogP contribution in [0.2, 0.25) is 0 Å². The van der Waals surface area contributed by atoms with E-state index in [1.54, 1.807) is 0 Å². The highest BCUT2D eigenvalue weighted by Gasteiger charge is 2.18. The van der Waals surface area contributed by atoms with Gasteiger partial charge >= 0.3 is 0 Å². The Morgan fingerprint density at radius 2 is 1.63 bits per heavy atom. The van der Waals surface area contributed by atoms with Crippen molar-refractivity contribution in [1.29, 1.82) is 0 Å². The second-order valence-corrected chi connectivity index (χ2v) is 4.76. The van der Waals surface area contributed by atoms with Crippen LogP contribution in [0.1, 0.15) is 15.9 Å². The Labute approximate surface area is 116 Å². The summed E-state index contributed by atoms with van der Waals surface area (Å²) in [5.74, 6) is -3.42. The van der Waals surface area contributed by atoms with Gasteiger partial charge in [-0.05, 0) is 39.7 Å². The van der Waals surface area contributed by atoms with E-state index in [4.69, 9.17) is 0 Å². The van der Waals surface area contributed by atoms with Crippen LogP contribution in [-0.4, -0.2) is 5.78 Å². The van der Waals surface area contributed by atoms with E-state index in [1.807, 2.05) is 0 Å². The second kappa shape index (κ2) is 5.57.